The standard InChI is InChI=1S/C34H25N5S/c1-39-16-6-9-25(22-39)30-13-12-29(34-38-31-10-2-3-11-32(31)40-34)33(37-30)28-18-26(23-7-4-14-35-20-23)17-27(19-28)24-8-5-15-36-21-24/h2-21H,22H2,1H3. The minimum absolute atomic E-state index is 0.806. The van der Waals surface area contributed by atoms with E-state index in [-0.39, 0.29) is 0 Å². The Hall–Kier alpha value is -4.94. The Bertz CT molecular complexity index is 1800. The fourth-order valence-electron chi connectivity index (χ4n) is 5.03. The van der Waals surface area contributed by atoms with Gasteiger partial charge in [0.2, 0.25) is 0 Å². The highest BCUT2D eigenvalue weighted by atomic mass is 32.1. The molecule has 0 N–H and O–H groups in total. The summed E-state index contributed by atoms with van der Waals surface area (Å²) in [4.78, 5) is 21.3. The van der Waals surface area contributed by atoms with Gasteiger partial charge in [0.25, 0.3) is 0 Å². The number of para-hydroxylation sites is 1. The third-order valence-corrected chi connectivity index (χ3v) is 8.07. The molecule has 0 bridgehead atoms. The molecule has 5 nitrogen and oxygen atoms in total. The molecule has 7 rings (SSSR count). The summed E-state index contributed by atoms with van der Waals surface area (Å²) in [5, 5.41) is 0.958. The van der Waals surface area contributed by atoms with Crippen LogP contribution in [0.3, 0.4) is 0 Å². The normalized spacial score (nSPS) is 13.0. The monoisotopic (exact) mass is 535 g/mol. The summed E-state index contributed by atoms with van der Waals surface area (Å²) in [6, 6.07) is 27.3. The van der Waals surface area contributed by atoms with Gasteiger partial charge in [-0.1, -0.05) is 30.3 Å². The number of hydrogen-bond donors (Lipinski definition) is 0. The predicted octanol–water partition coefficient (Wildman–Crippen LogP) is 7.99. The Kier molecular flexibility index (Phi) is 6.22. The summed E-state index contributed by atoms with van der Waals surface area (Å²) in [5.41, 5.74) is 10.3. The molecule has 1 aliphatic heterocycles. The quantitative estimate of drug-likeness (QED) is 0.224. The van der Waals surface area contributed by atoms with Crippen molar-refractivity contribution in [1.82, 2.24) is 24.8 Å². The number of allylic oxidation sites excluding steroid dienone is 2. The van der Waals surface area contributed by atoms with Gasteiger partial charge in [0.1, 0.15) is 5.01 Å². The topological polar surface area (TPSA) is 54.8 Å². The average Bonchev–Trinajstić information content (AvgIpc) is 3.46. The van der Waals surface area contributed by atoms with Crippen LogP contribution in [0.1, 0.15) is 5.69 Å². The van der Waals surface area contributed by atoms with Crippen LogP contribution in [0.4, 0.5) is 0 Å². The van der Waals surface area contributed by atoms with Crippen molar-refractivity contribution in [1.29, 1.82) is 0 Å². The number of pyridine rings is 3. The zero-order chi connectivity index (χ0) is 26.9. The number of thiazole rings is 1. The molecular formula is C34H25N5S. The van der Waals surface area contributed by atoms with E-state index in [1.165, 1.54) is 5.57 Å². The lowest BCUT2D eigenvalue weighted by Gasteiger charge is -2.20. The summed E-state index contributed by atoms with van der Waals surface area (Å²) < 4.78 is 1.16. The number of likely N-dealkylation sites (N-methyl/N-ethyl adjacent to an activating group) is 1. The first-order valence-electron chi connectivity index (χ1n) is 13.1. The first kappa shape index (κ1) is 24.1. The maximum Gasteiger partial charge on any atom is 0.126 e. The highest BCUT2D eigenvalue weighted by Gasteiger charge is 2.18. The van der Waals surface area contributed by atoms with E-state index in [1.54, 1.807) is 23.7 Å². The number of benzene rings is 2. The lowest BCUT2D eigenvalue weighted by Crippen LogP contribution is -2.16. The van der Waals surface area contributed by atoms with Crippen molar-refractivity contribution in [3.05, 3.63) is 128 Å². The fourth-order valence-corrected chi connectivity index (χ4v) is 6.02. The Balaban J connectivity index is 1.47. The van der Waals surface area contributed by atoms with Gasteiger partial charge in [-0.25, -0.2) is 9.97 Å². The van der Waals surface area contributed by atoms with Gasteiger partial charge in [-0.3, -0.25) is 9.97 Å². The van der Waals surface area contributed by atoms with Crippen molar-refractivity contribution in [2.45, 2.75) is 0 Å². The zero-order valence-electron chi connectivity index (χ0n) is 21.9. The molecule has 0 unspecified atom stereocenters. The van der Waals surface area contributed by atoms with E-state index in [4.69, 9.17) is 9.97 Å². The Labute approximate surface area is 236 Å². The van der Waals surface area contributed by atoms with Crippen LogP contribution >= 0.6 is 11.3 Å². The van der Waals surface area contributed by atoms with Gasteiger partial charge in [-0.15, -0.1) is 11.3 Å². The number of rotatable bonds is 5. The third kappa shape index (κ3) is 4.70. The van der Waals surface area contributed by atoms with E-state index in [9.17, 15) is 0 Å². The zero-order valence-corrected chi connectivity index (χ0v) is 22.7. The summed E-state index contributed by atoms with van der Waals surface area (Å²) in [5.74, 6) is 0. The SMILES string of the molecule is CN1C=CC=C(c2ccc(-c3nc4ccccc4s3)c(-c3cc(-c4cccnc4)cc(-c4cccnc4)c3)n2)C1. The van der Waals surface area contributed by atoms with Crippen LogP contribution in [0, 0.1) is 0 Å². The molecule has 2 aromatic carbocycles. The van der Waals surface area contributed by atoms with Gasteiger partial charge >= 0.3 is 0 Å². The lowest BCUT2D eigenvalue weighted by molar-refractivity contribution is 0.512. The highest BCUT2D eigenvalue weighted by Crippen LogP contribution is 2.39. The molecule has 0 amide bonds. The third-order valence-electron chi connectivity index (χ3n) is 7.00. The average molecular weight is 536 g/mol. The van der Waals surface area contributed by atoms with Crippen molar-refractivity contribution in [3.8, 4) is 44.1 Å². The van der Waals surface area contributed by atoms with Crippen LogP contribution in [-0.2, 0) is 0 Å². The van der Waals surface area contributed by atoms with E-state index in [2.05, 4.69) is 101 Å². The minimum atomic E-state index is 0.806. The Morgan fingerprint density at radius 1 is 0.725 bits per heavy atom. The molecule has 0 saturated heterocycles. The molecule has 6 heteroatoms. The number of fused-ring (bicyclic) bond motifs is 1. The van der Waals surface area contributed by atoms with E-state index in [0.717, 1.165) is 66.5 Å². The molecule has 4 aromatic heterocycles. The maximum atomic E-state index is 5.32. The van der Waals surface area contributed by atoms with Gasteiger partial charge in [-0.05, 0) is 83.6 Å². The van der Waals surface area contributed by atoms with Crippen molar-refractivity contribution in [2.24, 2.45) is 0 Å². The predicted molar refractivity (Wildman–Crippen MR) is 164 cm³/mol. The highest BCUT2D eigenvalue weighted by molar-refractivity contribution is 7.21. The second-order valence-electron chi connectivity index (χ2n) is 9.81. The largest absolute Gasteiger partial charge is 0.376 e. The second-order valence-corrected chi connectivity index (χ2v) is 10.8. The number of aromatic nitrogens is 4. The molecule has 0 spiro atoms. The van der Waals surface area contributed by atoms with E-state index >= 15 is 0 Å². The van der Waals surface area contributed by atoms with Crippen molar-refractivity contribution < 1.29 is 0 Å². The Morgan fingerprint density at radius 2 is 1.45 bits per heavy atom. The molecule has 0 saturated carbocycles. The van der Waals surface area contributed by atoms with Crippen LogP contribution in [0.25, 0.3) is 59.9 Å². The van der Waals surface area contributed by atoms with Gasteiger partial charge in [0.15, 0.2) is 0 Å². The van der Waals surface area contributed by atoms with E-state index in [1.807, 2.05) is 30.6 Å². The van der Waals surface area contributed by atoms with Gasteiger partial charge in [-0.2, -0.15) is 0 Å². The van der Waals surface area contributed by atoms with Crippen LogP contribution in [0.2, 0.25) is 0 Å². The first-order chi connectivity index (χ1) is 19.7. The number of nitrogens with zero attached hydrogens (tertiary/aromatic N) is 5. The molecule has 40 heavy (non-hydrogen) atoms. The first-order valence-corrected chi connectivity index (χ1v) is 13.9. The van der Waals surface area contributed by atoms with Crippen LogP contribution in [-0.4, -0.2) is 38.4 Å². The fraction of sp³-hybridized carbons (Fsp3) is 0.0588. The number of hydrogen-bond acceptors (Lipinski definition) is 6. The van der Waals surface area contributed by atoms with Crippen LogP contribution in [0.15, 0.2) is 122 Å². The maximum absolute atomic E-state index is 5.32. The smallest absolute Gasteiger partial charge is 0.126 e. The summed E-state index contributed by atoms with van der Waals surface area (Å²) in [6.07, 6.45) is 13.7. The van der Waals surface area contributed by atoms with Crippen molar-refractivity contribution in [2.75, 3.05) is 13.6 Å². The minimum Gasteiger partial charge on any atom is -0.376 e. The summed E-state index contributed by atoms with van der Waals surface area (Å²) >= 11 is 1.70. The van der Waals surface area contributed by atoms with Gasteiger partial charge in [0, 0.05) is 60.6 Å². The van der Waals surface area contributed by atoms with E-state index < -0.39 is 0 Å². The Morgan fingerprint density at radius 3 is 2.12 bits per heavy atom. The second kappa shape index (κ2) is 10.3. The molecule has 5 heterocycles. The molecule has 1 aliphatic rings. The molecule has 0 radical (unpaired) electrons. The molecule has 192 valence electrons. The van der Waals surface area contributed by atoms with Crippen molar-refractivity contribution >= 4 is 27.1 Å². The molecular weight excluding hydrogens is 510 g/mol. The summed E-state index contributed by atoms with van der Waals surface area (Å²) in [6.45, 7) is 0.806. The molecule has 6 aromatic rings. The lowest BCUT2D eigenvalue weighted by atomic mass is 9.94. The van der Waals surface area contributed by atoms with Crippen LogP contribution in [0.5, 0.6) is 0 Å². The summed E-state index contributed by atoms with van der Waals surface area (Å²) in [7, 11) is 2.08. The van der Waals surface area contributed by atoms with E-state index in [0.29, 0.717) is 0 Å². The van der Waals surface area contributed by atoms with Crippen LogP contribution < -0.4 is 0 Å². The van der Waals surface area contributed by atoms with Gasteiger partial charge < -0.3 is 4.90 Å². The molecule has 0 fully saturated rings. The van der Waals surface area contributed by atoms with Crippen molar-refractivity contribution in [3.63, 3.8) is 0 Å². The molecule has 0 atom stereocenters. The molecule has 0 aliphatic carbocycles. The van der Waals surface area contributed by atoms with Gasteiger partial charge in [0.05, 0.1) is 21.6 Å².